The Morgan fingerprint density at radius 2 is 2.07 bits per heavy atom. The minimum atomic E-state index is -0.265. The molecule has 2 fully saturated rings. The highest BCUT2D eigenvalue weighted by Crippen LogP contribution is 2.31. The smallest absolute Gasteiger partial charge is 0.253 e. The van der Waals surface area contributed by atoms with E-state index >= 15 is 0 Å². The van der Waals surface area contributed by atoms with Crippen LogP contribution in [0.1, 0.15) is 54.2 Å². The number of ether oxygens (including phenoxy) is 1. The van der Waals surface area contributed by atoms with Gasteiger partial charge < -0.3 is 9.72 Å². The first-order valence-corrected chi connectivity index (χ1v) is 10.9. The Hall–Kier alpha value is -2.58. The van der Waals surface area contributed by atoms with Crippen LogP contribution in [-0.2, 0) is 11.3 Å². The van der Waals surface area contributed by atoms with Crippen molar-refractivity contribution in [2.75, 3.05) is 19.7 Å². The van der Waals surface area contributed by atoms with Crippen molar-refractivity contribution in [2.24, 2.45) is 0 Å². The van der Waals surface area contributed by atoms with Gasteiger partial charge in [0.1, 0.15) is 6.04 Å². The number of likely N-dealkylation sites (tertiary alicyclic amines) is 1. The van der Waals surface area contributed by atoms with Crippen molar-refractivity contribution >= 4 is 10.9 Å². The van der Waals surface area contributed by atoms with Crippen LogP contribution >= 0.6 is 0 Å². The summed E-state index contributed by atoms with van der Waals surface area (Å²) >= 11 is 0. The van der Waals surface area contributed by atoms with Crippen molar-refractivity contribution in [1.82, 2.24) is 30.1 Å². The van der Waals surface area contributed by atoms with E-state index in [0.29, 0.717) is 12.1 Å². The van der Waals surface area contributed by atoms with E-state index in [0.717, 1.165) is 67.7 Å². The van der Waals surface area contributed by atoms with Crippen LogP contribution in [0.4, 0.5) is 0 Å². The summed E-state index contributed by atoms with van der Waals surface area (Å²) in [6, 6.07) is 5.94. The summed E-state index contributed by atoms with van der Waals surface area (Å²) in [6.07, 6.45) is 4.46. The van der Waals surface area contributed by atoms with Gasteiger partial charge in [0, 0.05) is 12.2 Å². The molecular weight excluding hydrogens is 380 g/mol. The number of fused-ring (bicyclic) bond motifs is 1. The van der Waals surface area contributed by atoms with Gasteiger partial charge in [0.15, 0.2) is 5.82 Å². The number of aromatic amines is 1. The van der Waals surface area contributed by atoms with E-state index in [2.05, 4.69) is 44.5 Å². The number of tetrazole rings is 1. The number of pyridine rings is 1. The fourth-order valence-electron chi connectivity index (χ4n) is 4.76. The molecule has 8 nitrogen and oxygen atoms in total. The fraction of sp³-hybridized carbons (Fsp3) is 0.545. The Balaban J connectivity index is 1.61. The summed E-state index contributed by atoms with van der Waals surface area (Å²) < 4.78 is 7.64. The lowest BCUT2D eigenvalue weighted by Gasteiger charge is -2.27. The maximum atomic E-state index is 13.3. The van der Waals surface area contributed by atoms with E-state index in [-0.39, 0.29) is 17.7 Å². The Morgan fingerprint density at radius 1 is 1.23 bits per heavy atom. The molecule has 1 aromatic carbocycles. The van der Waals surface area contributed by atoms with E-state index < -0.39 is 0 Å². The average molecular weight is 409 g/mol. The number of H-pyrrole nitrogens is 1. The summed E-state index contributed by atoms with van der Waals surface area (Å²) in [6.45, 7) is 7.39. The van der Waals surface area contributed by atoms with Crippen LogP contribution in [0.5, 0.6) is 0 Å². The third kappa shape index (κ3) is 3.44. The standard InChI is InChI=1S/C22H28N6O2/c1-14-7-8-16-12-18(22(29)23-19(16)15(14)2)20(27-9-3-4-10-27)21-24-25-26-28(21)13-17-6-5-11-30-17/h7-8,12,17,20H,3-6,9-11,13H2,1-2H3,(H,23,29). The Bertz CT molecular complexity index is 1110. The molecule has 0 bridgehead atoms. The van der Waals surface area contributed by atoms with E-state index in [4.69, 9.17) is 4.74 Å². The SMILES string of the molecule is Cc1ccc2cc(C(c3nnnn3CC3CCCO3)N3CCCC3)c(=O)[nH]c2c1C. The molecule has 4 heterocycles. The first kappa shape index (κ1) is 19.4. The Kier molecular flexibility index (Phi) is 5.12. The second-order valence-corrected chi connectivity index (χ2v) is 8.53. The van der Waals surface area contributed by atoms with E-state index in [9.17, 15) is 4.79 Å². The summed E-state index contributed by atoms with van der Waals surface area (Å²) in [4.78, 5) is 18.7. The number of rotatable bonds is 5. The molecular formula is C22H28N6O2. The quantitative estimate of drug-likeness (QED) is 0.698. The molecule has 2 aliphatic rings. The summed E-state index contributed by atoms with van der Waals surface area (Å²) in [7, 11) is 0. The van der Waals surface area contributed by atoms with Crippen molar-refractivity contribution in [3.63, 3.8) is 0 Å². The molecule has 8 heteroatoms. The van der Waals surface area contributed by atoms with Crippen molar-refractivity contribution in [1.29, 1.82) is 0 Å². The lowest BCUT2D eigenvalue weighted by molar-refractivity contribution is 0.0912. The minimum Gasteiger partial charge on any atom is -0.376 e. The molecule has 0 saturated carbocycles. The number of benzene rings is 1. The maximum Gasteiger partial charge on any atom is 0.253 e. The van der Waals surface area contributed by atoms with Gasteiger partial charge in [-0.3, -0.25) is 9.69 Å². The molecule has 3 aromatic rings. The molecule has 2 unspecified atom stereocenters. The number of aromatic nitrogens is 5. The maximum absolute atomic E-state index is 13.3. The lowest BCUT2D eigenvalue weighted by atomic mass is 10.0. The van der Waals surface area contributed by atoms with Crippen molar-refractivity contribution in [2.45, 2.75) is 58.2 Å². The molecule has 2 aromatic heterocycles. The molecule has 2 aliphatic heterocycles. The molecule has 0 radical (unpaired) electrons. The zero-order valence-electron chi connectivity index (χ0n) is 17.6. The monoisotopic (exact) mass is 408 g/mol. The van der Waals surface area contributed by atoms with Gasteiger partial charge in [-0.2, -0.15) is 0 Å². The van der Waals surface area contributed by atoms with Crippen LogP contribution in [-0.4, -0.2) is 55.9 Å². The van der Waals surface area contributed by atoms with Crippen molar-refractivity contribution in [3.8, 4) is 0 Å². The molecule has 2 atom stereocenters. The molecule has 1 N–H and O–H groups in total. The van der Waals surface area contributed by atoms with Gasteiger partial charge in [0.05, 0.1) is 18.2 Å². The average Bonchev–Trinajstić information content (AvgIpc) is 3.51. The Labute approximate surface area is 175 Å². The number of hydrogen-bond acceptors (Lipinski definition) is 6. The summed E-state index contributed by atoms with van der Waals surface area (Å²) in [5, 5.41) is 13.6. The zero-order chi connectivity index (χ0) is 20.7. The van der Waals surface area contributed by atoms with Crippen molar-refractivity contribution in [3.05, 3.63) is 51.1 Å². The summed E-state index contributed by atoms with van der Waals surface area (Å²) in [5.41, 5.74) is 3.82. The van der Waals surface area contributed by atoms with Crippen LogP contribution in [0.25, 0.3) is 10.9 Å². The number of nitrogens with zero attached hydrogens (tertiary/aromatic N) is 5. The van der Waals surface area contributed by atoms with E-state index in [1.165, 1.54) is 5.56 Å². The highest BCUT2D eigenvalue weighted by atomic mass is 16.5. The second kappa shape index (κ2) is 7.92. The van der Waals surface area contributed by atoms with Crippen LogP contribution in [0.2, 0.25) is 0 Å². The third-order valence-corrected chi connectivity index (χ3v) is 6.58. The predicted octanol–water partition coefficient (Wildman–Crippen LogP) is 2.50. The highest BCUT2D eigenvalue weighted by Gasteiger charge is 2.33. The van der Waals surface area contributed by atoms with Gasteiger partial charge in [-0.1, -0.05) is 12.1 Å². The molecule has 158 valence electrons. The molecule has 2 saturated heterocycles. The van der Waals surface area contributed by atoms with E-state index in [1.54, 1.807) is 0 Å². The van der Waals surface area contributed by atoms with Crippen LogP contribution < -0.4 is 5.56 Å². The molecule has 30 heavy (non-hydrogen) atoms. The Morgan fingerprint density at radius 3 is 2.83 bits per heavy atom. The topological polar surface area (TPSA) is 88.9 Å². The van der Waals surface area contributed by atoms with Gasteiger partial charge in [-0.05, 0) is 85.6 Å². The highest BCUT2D eigenvalue weighted by molar-refractivity contribution is 5.83. The number of aryl methyl sites for hydroxylation is 2. The van der Waals surface area contributed by atoms with Crippen LogP contribution in [0.15, 0.2) is 23.0 Å². The molecule has 5 rings (SSSR count). The fourth-order valence-corrected chi connectivity index (χ4v) is 4.76. The normalized spacial score (nSPS) is 20.9. The molecule has 0 amide bonds. The number of nitrogens with one attached hydrogen (secondary N) is 1. The van der Waals surface area contributed by atoms with Gasteiger partial charge in [-0.15, -0.1) is 5.10 Å². The third-order valence-electron chi connectivity index (χ3n) is 6.58. The largest absolute Gasteiger partial charge is 0.376 e. The van der Waals surface area contributed by atoms with Gasteiger partial charge in [0.25, 0.3) is 5.56 Å². The zero-order valence-corrected chi connectivity index (χ0v) is 17.6. The van der Waals surface area contributed by atoms with Crippen LogP contribution in [0, 0.1) is 13.8 Å². The van der Waals surface area contributed by atoms with Gasteiger partial charge in [0.2, 0.25) is 0 Å². The van der Waals surface area contributed by atoms with Crippen LogP contribution in [0.3, 0.4) is 0 Å². The first-order valence-electron chi connectivity index (χ1n) is 10.9. The lowest BCUT2D eigenvalue weighted by Crippen LogP contribution is -2.34. The van der Waals surface area contributed by atoms with Crippen molar-refractivity contribution < 1.29 is 4.74 Å². The van der Waals surface area contributed by atoms with Gasteiger partial charge >= 0.3 is 0 Å². The summed E-state index contributed by atoms with van der Waals surface area (Å²) in [5.74, 6) is 0.723. The molecule has 0 aliphatic carbocycles. The minimum absolute atomic E-state index is 0.0697. The van der Waals surface area contributed by atoms with E-state index in [1.807, 2.05) is 17.7 Å². The second-order valence-electron chi connectivity index (χ2n) is 8.53. The van der Waals surface area contributed by atoms with Gasteiger partial charge in [-0.25, -0.2) is 4.68 Å². The number of hydrogen-bond donors (Lipinski definition) is 1. The first-order chi connectivity index (χ1) is 14.6. The predicted molar refractivity (Wildman–Crippen MR) is 113 cm³/mol. The molecule has 0 spiro atoms.